The van der Waals surface area contributed by atoms with Gasteiger partial charge >= 0.3 is 6.09 Å². The molecule has 0 saturated carbocycles. The smallest absolute Gasteiger partial charge is 0.410 e. The number of hydrogen-bond acceptors (Lipinski definition) is 5. The van der Waals surface area contributed by atoms with Crippen molar-refractivity contribution in [2.24, 2.45) is 0 Å². The fraction of sp³-hybridized carbons (Fsp3) is 0.615. The molecule has 1 aromatic heterocycles. The monoisotopic (exact) mass is 281 g/mol. The Kier molecular flexibility index (Phi) is 3.89. The van der Waals surface area contributed by atoms with Gasteiger partial charge in [-0.05, 0) is 33.6 Å². The number of Topliss-reactive ketones (excluding diaryl/α,β-unsaturated/α-hetero) is 1. The molecule has 0 aliphatic carbocycles. The van der Waals surface area contributed by atoms with Crippen LogP contribution in [-0.2, 0) is 4.74 Å². The second-order valence-electron chi connectivity index (χ2n) is 5.52. The Morgan fingerprint density at radius 1 is 1.53 bits per heavy atom. The first-order chi connectivity index (χ1) is 8.88. The highest BCUT2D eigenvalue weighted by Gasteiger charge is 2.37. The van der Waals surface area contributed by atoms with Gasteiger partial charge in [0, 0.05) is 11.9 Å². The SMILES string of the molecule is CC(C)(C)OC(=O)N1CCC[C@H]1C(=O)c1cs[c]n1. The van der Waals surface area contributed by atoms with Crippen molar-refractivity contribution in [3.63, 3.8) is 0 Å². The summed E-state index contributed by atoms with van der Waals surface area (Å²) in [6, 6.07) is -0.453. The van der Waals surface area contributed by atoms with Crippen LogP contribution in [0.15, 0.2) is 5.38 Å². The molecule has 0 N–H and O–H groups in total. The van der Waals surface area contributed by atoms with E-state index in [1.807, 2.05) is 20.8 Å². The van der Waals surface area contributed by atoms with Gasteiger partial charge in [0.2, 0.25) is 5.78 Å². The summed E-state index contributed by atoms with van der Waals surface area (Å²) in [5.74, 6) is -0.124. The predicted molar refractivity (Wildman–Crippen MR) is 71.2 cm³/mol. The molecule has 1 aliphatic heterocycles. The lowest BCUT2D eigenvalue weighted by Gasteiger charge is -2.27. The number of rotatable bonds is 2. The number of amides is 1. The molecule has 103 valence electrons. The summed E-state index contributed by atoms with van der Waals surface area (Å²) in [5, 5.41) is 1.66. The summed E-state index contributed by atoms with van der Waals surface area (Å²) in [4.78, 5) is 29.7. The van der Waals surface area contributed by atoms with Gasteiger partial charge in [-0.1, -0.05) is 0 Å². The lowest BCUT2D eigenvalue weighted by Crippen LogP contribution is -2.43. The number of carbonyl (C=O) groups excluding carboxylic acids is 2. The van der Waals surface area contributed by atoms with Gasteiger partial charge in [-0.25, -0.2) is 9.78 Å². The van der Waals surface area contributed by atoms with Crippen LogP contribution in [0.25, 0.3) is 0 Å². The fourth-order valence-electron chi connectivity index (χ4n) is 2.05. The van der Waals surface area contributed by atoms with Crippen LogP contribution in [0.2, 0.25) is 0 Å². The molecule has 1 atom stereocenters. The fourth-order valence-corrected chi connectivity index (χ4v) is 2.53. The molecule has 2 rings (SSSR count). The molecule has 0 aromatic carbocycles. The quantitative estimate of drug-likeness (QED) is 0.782. The number of hydrogen-bond donors (Lipinski definition) is 0. The number of aromatic nitrogens is 1. The minimum atomic E-state index is -0.554. The van der Waals surface area contributed by atoms with E-state index >= 15 is 0 Å². The third-order valence-corrected chi connectivity index (χ3v) is 3.36. The zero-order valence-corrected chi connectivity index (χ0v) is 12.1. The molecule has 2 heterocycles. The van der Waals surface area contributed by atoms with E-state index in [9.17, 15) is 9.59 Å². The summed E-state index contributed by atoms with van der Waals surface area (Å²) in [7, 11) is 0. The van der Waals surface area contributed by atoms with Crippen molar-refractivity contribution in [3.05, 3.63) is 16.6 Å². The maximum atomic E-state index is 12.3. The number of ether oxygens (including phenoxy) is 1. The molecule has 1 aliphatic rings. The van der Waals surface area contributed by atoms with Crippen LogP contribution in [0.1, 0.15) is 44.1 Å². The largest absolute Gasteiger partial charge is 0.444 e. The highest BCUT2D eigenvalue weighted by atomic mass is 32.1. The second kappa shape index (κ2) is 5.28. The lowest BCUT2D eigenvalue weighted by molar-refractivity contribution is 0.0222. The van der Waals surface area contributed by atoms with Crippen molar-refractivity contribution >= 4 is 23.2 Å². The third kappa shape index (κ3) is 3.32. The Bertz CT molecular complexity index is 465. The van der Waals surface area contributed by atoms with Crippen LogP contribution in [0.5, 0.6) is 0 Å². The average molecular weight is 281 g/mol. The molecule has 1 aromatic rings. The minimum absolute atomic E-state index is 0.124. The van der Waals surface area contributed by atoms with Crippen LogP contribution >= 0.6 is 11.3 Å². The van der Waals surface area contributed by atoms with Gasteiger partial charge in [0.25, 0.3) is 0 Å². The van der Waals surface area contributed by atoms with E-state index in [1.54, 1.807) is 5.38 Å². The Morgan fingerprint density at radius 3 is 2.84 bits per heavy atom. The third-order valence-electron chi connectivity index (χ3n) is 2.83. The maximum absolute atomic E-state index is 12.3. The van der Waals surface area contributed by atoms with Crippen molar-refractivity contribution in [2.75, 3.05) is 6.54 Å². The summed E-state index contributed by atoms with van der Waals surface area (Å²) in [6.07, 6.45) is 1.04. The van der Waals surface area contributed by atoms with Crippen LogP contribution < -0.4 is 0 Å². The first-order valence-electron chi connectivity index (χ1n) is 6.24. The van der Waals surface area contributed by atoms with Gasteiger partial charge in [-0.3, -0.25) is 9.69 Å². The topological polar surface area (TPSA) is 59.5 Å². The molecule has 0 bridgehead atoms. The molecule has 1 fully saturated rings. The minimum Gasteiger partial charge on any atom is -0.444 e. The standard InChI is InChI=1S/C13H17N2O3S/c1-13(2,3)18-12(17)15-6-4-5-10(15)11(16)9-7-19-8-14-9/h7,10H,4-6H2,1-3H3/t10-/m0/s1. The van der Waals surface area contributed by atoms with E-state index < -0.39 is 17.7 Å². The Labute approximate surface area is 116 Å². The van der Waals surface area contributed by atoms with Crippen LogP contribution in [0.4, 0.5) is 4.79 Å². The van der Waals surface area contributed by atoms with Gasteiger partial charge in [-0.15, -0.1) is 11.3 Å². The van der Waals surface area contributed by atoms with Crippen LogP contribution in [0.3, 0.4) is 0 Å². The molecule has 1 amide bonds. The van der Waals surface area contributed by atoms with Gasteiger partial charge in [0.05, 0.1) is 0 Å². The van der Waals surface area contributed by atoms with Gasteiger partial charge in [0.15, 0.2) is 5.51 Å². The molecule has 19 heavy (non-hydrogen) atoms. The summed E-state index contributed by atoms with van der Waals surface area (Å²) in [6.45, 7) is 5.99. The van der Waals surface area contributed by atoms with Crippen molar-refractivity contribution in [1.82, 2.24) is 9.88 Å². The molecular weight excluding hydrogens is 264 g/mol. The van der Waals surface area contributed by atoms with Gasteiger partial charge in [0.1, 0.15) is 17.3 Å². The Hall–Kier alpha value is -1.43. The van der Waals surface area contributed by atoms with Crippen molar-refractivity contribution in [2.45, 2.75) is 45.3 Å². The Balaban J connectivity index is 2.09. The highest BCUT2D eigenvalue weighted by Crippen LogP contribution is 2.23. The van der Waals surface area contributed by atoms with E-state index in [0.29, 0.717) is 18.7 Å². The molecule has 0 spiro atoms. The number of nitrogens with zero attached hydrogens (tertiary/aromatic N) is 2. The Morgan fingerprint density at radius 2 is 2.26 bits per heavy atom. The van der Waals surface area contributed by atoms with E-state index in [0.717, 1.165) is 6.42 Å². The van der Waals surface area contributed by atoms with Crippen molar-refractivity contribution in [3.8, 4) is 0 Å². The van der Waals surface area contributed by atoms with E-state index in [1.165, 1.54) is 16.2 Å². The number of carbonyl (C=O) groups is 2. The van der Waals surface area contributed by atoms with Gasteiger partial charge in [-0.2, -0.15) is 0 Å². The van der Waals surface area contributed by atoms with Crippen molar-refractivity contribution in [1.29, 1.82) is 0 Å². The van der Waals surface area contributed by atoms with Gasteiger partial charge < -0.3 is 4.74 Å². The first kappa shape index (κ1) is 14.0. The zero-order valence-electron chi connectivity index (χ0n) is 11.3. The number of ketones is 1. The normalized spacial score (nSPS) is 19.5. The predicted octanol–water partition coefficient (Wildman–Crippen LogP) is 2.53. The second-order valence-corrected chi connectivity index (χ2v) is 6.17. The number of likely N-dealkylation sites (tertiary alicyclic amines) is 1. The molecule has 1 radical (unpaired) electrons. The van der Waals surface area contributed by atoms with E-state index in [2.05, 4.69) is 10.5 Å². The molecule has 1 saturated heterocycles. The highest BCUT2D eigenvalue weighted by molar-refractivity contribution is 7.07. The van der Waals surface area contributed by atoms with Crippen LogP contribution in [0, 0.1) is 5.51 Å². The van der Waals surface area contributed by atoms with Crippen molar-refractivity contribution < 1.29 is 14.3 Å². The maximum Gasteiger partial charge on any atom is 0.410 e. The first-order valence-corrected chi connectivity index (χ1v) is 7.12. The molecular formula is C13H17N2O3S. The molecule has 0 unspecified atom stereocenters. The number of thiazole rings is 1. The average Bonchev–Trinajstić information content (AvgIpc) is 2.97. The zero-order chi connectivity index (χ0) is 14.0. The van der Waals surface area contributed by atoms with E-state index in [-0.39, 0.29) is 5.78 Å². The van der Waals surface area contributed by atoms with Crippen LogP contribution in [-0.4, -0.2) is 39.9 Å². The molecule has 6 heteroatoms. The lowest BCUT2D eigenvalue weighted by atomic mass is 10.1. The summed E-state index contributed by atoms with van der Waals surface area (Å²) >= 11 is 1.25. The summed E-state index contributed by atoms with van der Waals surface area (Å²) in [5.41, 5.74) is 2.48. The summed E-state index contributed by atoms with van der Waals surface area (Å²) < 4.78 is 5.33. The van der Waals surface area contributed by atoms with E-state index in [4.69, 9.17) is 4.74 Å². The molecule has 5 nitrogen and oxygen atoms in total.